The first kappa shape index (κ1) is 13.0. The van der Waals surface area contributed by atoms with E-state index >= 15 is 0 Å². The van der Waals surface area contributed by atoms with Crippen LogP contribution in [0.1, 0.15) is 16.2 Å². The van der Waals surface area contributed by atoms with Crippen LogP contribution in [0.5, 0.6) is 0 Å². The van der Waals surface area contributed by atoms with Crippen LogP contribution in [-0.4, -0.2) is 21.0 Å². The minimum Gasteiger partial charge on any atom is -0.361 e. The molecule has 0 radical (unpaired) electrons. The van der Waals surface area contributed by atoms with Crippen LogP contribution in [0, 0.1) is 17.0 Å². The molecule has 0 aliphatic heterocycles. The van der Waals surface area contributed by atoms with E-state index in [1.807, 2.05) is 0 Å². The highest BCUT2D eigenvalue weighted by molar-refractivity contribution is 6.29. The number of nitro groups is 1. The van der Waals surface area contributed by atoms with Crippen LogP contribution < -0.4 is 5.32 Å². The predicted molar refractivity (Wildman–Crippen MR) is 65.1 cm³/mol. The molecular weight excluding hydrogens is 276 g/mol. The second-order valence-electron chi connectivity index (χ2n) is 3.54. The van der Waals surface area contributed by atoms with Crippen LogP contribution in [0.2, 0.25) is 5.15 Å². The van der Waals surface area contributed by atoms with Gasteiger partial charge >= 0.3 is 5.69 Å². The van der Waals surface area contributed by atoms with Gasteiger partial charge in [-0.2, -0.15) is 0 Å². The Kier molecular flexibility index (Phi) is 3.43. The molecule has 98 valence electrons. The molecule has 0 bridgehead atoms. The molecule has 1 amide bonds. The lowest BCUT2D eigenvalue weighted by Gasteiger charge is -2.03. The molecule has 9 heteroatoms. The third kappa shape index (κ3) is 2.86. The monoisotopic (exact) mass is 282 g/mol. The maximum atomic E-state index is 11.8. The Morgan fingerprint density at radius 3 is 2.84 bits per heavy atom. The van der Waals surface area contributed by atoms with E-state index in [-0.39, 0.29) is 22.4 Å². The Morgan fingerprint density at radius 1 is 1.53 bits per heavy atom. The maximum absolute atomic E-state index is 11.8. The highest BCUT2D eigenvalue weighted by Crippen LogP contribution is 2.24. The number of aryl methyl sites for hydroxylation is 1. The van der Waals surface area contributed by atoms with Crippen molar-refractivity contribution in [2.24, 2.45) is 0 Å². The summed E-state index contributed by atoms with van der Waals surface area (Å²) in [5, 5.41) is 16.6. The highest BCUT2D eigenvalue weighted by atomic mass is 35.5. The number of hydrogen-bond donors (Lipinski definition) is 1. The van der Waals surface area contributed by atoms with E-state index in [0.717, 1.165) is 6.07 Å². The van der Waals surface area contributed by atoms with Gasteiger partial charge in [0.15, 0.2) is 5.69 Å². The number of nitrogens with one attached hydrogen (secondary N) is 1. The molecule has 2 rings (SSSR count). The van der Waals surface area contributed by atoms with E-state index in [0.29, 0.717) is 5.76 Å². The van der Waals surface area contributed by atoms with E-state index in [9.17, 15) is 14.9 Å². The highest BCUT2D eigenvalue weighted by Gasteiger charge is 2.20. The molecule has 0 aromatic carbocycles. The van der Waals surface area contributed by atoms with Gasteiger partial charge in [-0.25, -0.2) is 4.98 Å². The first-order valence-corrected chi connectivity index (χ1v) is 5.41. The SMILES string of the molecule is Cc1cc(C(=O)Nc2nc(Cl)ccc2[N+](=O)[O-])no1. The number of hydrogen-bond acceptors (Lipinski definition) is 6. The Labute approximate surface area is 111 Å². The van der Waals surface area contributed by atoms with Gasteiger partial charge in [0, 0.05) is 12.1 Å². The second-order valence-corrected chi connectivity index (χ2v) is 3.92. The molecule has 1 N–H and O–H groups in total. The number of carbonyl (C=O) groups is 1. The van der Waals surface area contributed by atoms with Gasteiger partial charge in [-0.05, 0) is 13.0 Å². The van der Waals surface area contributed by atoms with Crippen LogP contribution in [0.25, 0.3) is 0 Å². The number of carbonyl (C=O) groups excluding carboxylic acids is 1. The lowest BCUT2D eigenvalue weighted by atomic mass is 10.3. The second kappa shape index (κ2) is 5.02. The molecule has 0 atom stereocenters. The first-order valence-electron chi connectivity index (χ1n) is 5.03. The Bertz CT molecular complexity index is 655. The van der Waals surface area contributed by atoms with Gasteiger partial charge < -0.3 is 4.52 Å². The summed E-state index contributed by atoms with van der Waals surface area (Å²) < 4.78 is 4.73. The summed E-state index contributed by atoms with van der Waals surface area (Å²) in [6.45, 7) is 1.61. The summed E-state index contributed by atoms with van der Waals surface area (Å²) in [4.78, 5) is 25.6. The summed E-state index contributed by atoms with van der Waals surface area (Å²) in [6, 6.07) is 3.81. The van der Waals surface area contributed by atoms with Crippen molar-refractivity contribution in [3.05, 3.63) is 44.9 Å². The van der Waals surface area contributed by atoms with Gasteiger partial charge in [-0.15, -0.1) is 0 Å². The third-order valence-corrected chi connectivity index (χ3v) is 2.34. The maximum Gasteiger partial charge on any atom is 0.311 e. The van der Waals surface area contributed by atoms with Gasteiger partial charge in [-0.3, -0.25) is 20.2 Å². The number of nitrogens with zero attached hydrogens (tertiary/aromatic N) is 3. The molecule has 0 aliphatic carbocycles. The zero-order valence-electron chi connectivity index (χ0n) is 9.58. The van der Waals surface area contributed by atoms with Crippen molar-refractivity contribution in [1.29, 1.82) is 0 Å². The lowest BCUT2D eigenvalue weighted by Crippen LogP contribution is -2.14. The zero-order valence-corrected chi connectivity index (χ0v) is 10.3. The van der Waals surface area contributed by atoms with Crippen molar-refractivity contribution in [3.63, 3.8) is 0 Å². The van der Waals surface area contributed by atoms with Crippen LogP contribution >= 0.6 is 11.6 Å². The average Bonchev–Trinajstić information content (AvgIpc) is 2.75. The van der Waals surface area contributed by atoms with Crippen molar-refractivity contribution in [3.8, 4) is 0 Å². The largest absolute Gasteiger partial charge is 0.361 e. The summed E-state index contributed by atoms with van der Waals surface area (Å²) >= 11 is 5.64. The molecule has 8 nitrogen and oxygen atoms in total. The number of amides is 1. The minimum absolute atomic E-state index is 0.00595. The molecule has 0 saturated heterocycles. The first-order chi connectivity index (χ1) is 8.97. The van der Waals surface area contributed by atoms with Gasteiger partial charge in [0.2, 0.25) is 5.82 Å². The van der Waals surface area contributed by atoms with E-state index < -0.39 is 10.8 Å². The number of anilines is 1. The number of pyridine rings is 1. The molecule has 0 fully saturated rings. The van der Waals surface area contributed by atoms with Crippen molar-refractivity contribution >= 4 is 29.0 Å². The van der Waals surface area contributed by atoms with E-state index in [1.54, 1.807) is 6.92 Å². The van der Waals surface area contributed by atoms with Crippen molar-refractivity contribution in [2.45, 2.75) is 6.92 Å². The van der Waals surface area contributed by atoms with Crippen molar-refractivity contribution < 1.29 is 14.2 Å². The Morgan fingerprint density at radius 2 is 2.26 bits per heavy atom. The summed E-state index contributed by atoms with van der Waals surface area (Å²) in [5.41, 5.74) is -0.369. The van der Waals surface area contributed by atoms with Crippen LogP contribution in [0.4, 0.5) is 11.5 Å². The van der Waals surface area contributed by atoms with E-state index in [1.165, 1.54) is 12.1 Å². The Balaban J connectivity index is 2.30. The molecule has 0 aliphatic rings. The standard InChI is InChI=1S/C10H7ClN4O4/c1-5-4-6(14-19-5)10(16)13-9-7(15(17)18)2-3-8(11)12-9/h2-4H,1H3,(H,12,13,16). The fourth-order valence-electron chi connectivity index (χ4n) is 1.31. The van der Waals surface area contributed by atoms with Crippen LogP contribution in [0.15, 0.2) is 22.7 Å². The van der Waals surface area contributed by atoms with Gasteiger partial charge in [0.05, 0.1) is 4.92 Å². The van der Waals surface area contributed by atoms with Crippen LogP contribution in [-0.2, 0) is 0 Å². The summed E-state index contributed by atoms with van der Waals surface area (Å²) in [7, 11) is 0. The molecular formula is C10H7ClN4O4. The van der Waals surface area contributed by atoms with Crippen molar-refractivity contribution in [1.82, 2.24) is 10.1 Å². The molecule has 2 aromatic rings. The molecule has 0 saturated carbocycles. The summed E-state index contributed by atoms with van der Waals surface area (Å²) in [6.07, 6.45) is 0. The Hall–Kier alpha value is -2.48. The quantitative estimate of drug-likeness (QED) is 0.525. The molecule has 0 spiro atoms. The zero-order chi connectivity index (χ0) is 14.0. The number of halogens is 1. The van der Waals surface area contributed by atoms with E-state index in [2.05, 4.69) is 15.5 Å². The van der Waals surface area contributed by atoms with Gasteiger partial charge in [0.1, 0.15) is 10.9 Å². The topological polar surface area (TPSA) is 111 Å². The average molecular weight is 283 g/mol. The fraction of sp³-hybridized carbons (Fsp3) is 0.100. The normalized spacial score (nSPS) is 10.2. The van der Waals surface area contributed by atoms with Gasteiger partial charge in [-0.1, -0.05) is 16.8 Å². The van der Waals surface area contributed by atoms with Crippen LogP contribution in [0.3, 0.4) is 0 Å². The molecule has 2 aromatic heterocycles. The lowest BCUT2D eigenvalue weighted by molar-refractivity contribution is -0.384. The number of rotatable bonds is 3. The minimum atomic E-state index is -0.674. The summed E-state index contributed by atoms with van der Waals surface area (Å²) in [5.74, 6) is -0.475. The number of aromatic nitrogens is 2. The van der Waals surface area contributed by atoms with E-state index in [4.69, 9.17) is 16.1 Å². The molecule has 19 heavy (non-hydrogen) atoms. The fourth-order valence-corrected chi connectivity index (χ4v) is 1.46. The molecule has 0 unspecified atom stereocenters. The predicted octanol–water partition coefficient (Wildman–Crippen LogP) is 2.19. The van der Waals surface area contributed by atoms with Crippen molar-refractivity contribution in [2.75, 3.05) is 5.32 Å². The third-order valence-electron chi connectivity index (χ3n) is 2.13. The van der Waals surface area contributed by atoms with Gasteiger partial charge in [0.25, 0.3) is 5.91 Å². The smallest absolute Gasteiger partial charge is 0.311 e. The molecule has 2 heterocycles.